The van der Waals surface area contributed by atoms with Gasteiger partial charge in [0.05, 0.1) is 11.4 Å². The van der Waals surface area contributed by atoms with Crippen LogP contribution in [-0.4, -0.2) is 43.8 Å². The third kappa shape index (κ3) is 3.48. The van der Waals surface area contributed by atoms with E-state index in [2.05, 4.69) is 4.98 Å². The Kier molecular flexibility index (Phi) is 5.69. The zero-order chi connectivity index (χ0) is 19.0. The minimum atomic E-state index is -3.81. The molecular weight excluding hydrogens is 398 g/mol. The normalized spacial score (nSPS) is 13.4. The molecule has 1 amide bonds. The topological polar surface area (TPSA) is 70.6 Å². The zero-order valence-corrected chi connectivity index (χ0v) is 16.9. The number of aromatic nitrogens is 1. The van der Waals surface area contributed by atoms with Gasteiger partial charge in [0.25, 0.3) is 0 Å². The van der Waals surface area contributed by atoms with E-state index < -0.39 is 10.0 Å². The largest absolute Gasteiger partial charge is 0.311 e. The lowest BCUT2D eigenvalue weighted by Crippen LogP contribution is -2.40. The van der Waals surface area contributed by atoms with Crippen LogP contribution in [-0.2, 0) is 21.2 Å². The lowest BCUT2D eigenvalue weighted by atomic mass is 10.2. The molecule has 6 nitrogen and oxygen atoms in total. The Bertz CT molecular complexity index is 1130. The van der Waals surface area contributed by atoms with Crippen LogP contribution in [0.25, 0.3) is 10.8 Å². The van der Waals surface area contributed by atoms with Crippen molar-refractivity contribution >= 4 is 44.8 Å². The average Bonchev–Trinajstić information content (AvgIpc) is 3.11. The highest BCUT2D eigenvalue weighted by molar-refractivity contribution is 7.89. The van der Waals surface area contributed by atoms with E-state index in [4.69, 9.17) is 0 Å². The lowest BCUT2D eigenvalue weighted by Gasteiger charge is -2.22. The SMILES string of the molecule is CN(CC(=O)N1CCc2ccccc21)S(=O)(=O)c1cccc2cnccc12.Cl. The summed E-state index contributed by atoms with van der Waals surface area (Å²) in [6.45, 7) is 0.365. The van der Waals surface area contributed by atoms with Gasteiger partial charge in [-0.3, -0.25) is 9.78 Å². The molecule has 0 aliphatic carbocycles. The quantitative estimate of drug-likeness (QED) is 0.654. The number of halogens is 1. The maximum absolute atomic E-state index is 13.1. The predicted molar refractivity (Wildman–Crippen MR) is 111 cm³/mol. The number of pyridine rings is 1. The zero-order valence-electron chi connectivity index (χ0n) is 15.3. The van der Waals surface area contributed by atoms with Crippen molar-refractivity contribution in [1.29, 1.82) is 0 Å². The molecule has 146 valence electrons. The van der Waals surface area contributed by atoms with Crippen molar-refractivity contribution in [2.75, 3.05) is 25.0 Å². The van der Waals surface area contributed by atoms with Gasteiger partial charge in [0.1, 0.15) is 0 Å². The minimum absolute atomic E-state index is 0. The minimum Gasteiger partial charge on any atom is -0.311 e. The number of nitrogens with zero attached hydrogens (tertiary/aromatic N) is 3. The summed E-state index contributed by atoms with van der Waals surface area (Å²) >= 11 is 0. The second-order valence-electron chi connectivity index (χ2n) is 6.54. The van der Waals surface area contributed by atoms with E-state index in [1.165, 1.54) is 7.05 Å². The van der Waals surface area contributed by atoms with Gasteiger partial charge in [0.2, 0.25) is 15.9 Å². The summed E-state index contributed by atoms with van der Waals surface area (Å²) in [5, 5.41) is 1.34. The highest BCUT2D eigenvalue weighted by Gasteiger charge is 2.29. The van der Waals surface area contributed by atoms with Crippen molar-refractivity contribution in [3.05, 3.63) is 66.5 Å². The predicted octanol–water partition coefficient (Wildman–Crippen LogP) is 2.87. The molecule has 1 aliphatic heterocycles. The van der Waals surface area contributed by atoms with E-state index in [0.717, 1.165) is 27.4 Å². The lowest BCUT2D eigenvalue weighted by molar-refractivity contribution is -0.118. The standard InChI is InChI=1S/C20H19N3O3S.ClH/c1-22(14-20(24)23-12-10-15-5-2-3-7-18(15)23)27(25,26)19-8-4-6-16-13-21-11-9-17(16)19;/h2-9,11,13H,10,12,14H2,1H3;1H. The van der Waals surface area contributed by atoms with Gasteiger partial charge in [-0.1, -0.05) is 30.3 Å². The highest BCUT2D eigenvalue weighted by atomic mass is 35.5. The monoisotopic (exact) mass is 417 g/mol. The molecule has 0 N–H and O–H groups in total. The number of sulfonamides is 1. The second-order valence-corrected chi connectivity index (χ2v) is 8.55. The van der Waals surface area contributed by atoms with E-state index in [1.54, 1.807) is 35.5 Å². The number of likely N-dealkylation sites (N-methyl/N-ethyl adjacent to an activating group) is 1. The number of hydrogen-bond acceptors (Lipinski definition) is 4. The number of carbonyl (C=O) groups is 1. The average molecular weight is 418 g/mol. The molecule has 0 atom stereocenters. The smallest absolute Gasteiger partial charge is 0.243 e. The summed E-state index contributed by atoms with van der Waals surface area (Å²) in [6.07, 6.45) is 3.98. The van der Waals surface area contributed by atoms with Gasteiger partial charge in [-0.15, -0.1) is 12.4 Å². The molecule has 4 rings (SSSR count). The van der Waals surface area contributed by atoms with Crippen molar-refractivity contribution in [2.24, 2.45) is 0 Å². The van der Waals surface area contributed by atoms with Crippen molar-refractivity contribution in [2.45, 2.75) is 11.3 Å². The summed E-state index contributed by atoms with van der Waals surface area (Å²) in [5.74, 6) is -0.229. The number of hydrogen-bond donors (Lipinski definition) is 0. The van der Waals surface area contributed by atoms with Gasteiger partial charge in [0.15, 0.2) is 0 Å². The highest BCUT2D eigenvalue weighted by Crippen LogP contribution is 2.28. The molecule has 2 heterocycles. The van der Waals surface area contributed by atoms with Crippen molar-refractivity contribution < 1.29 is 13.2 Å². The molecule has 0 unspecified atom stereocenters. The fourth-order valence-electron chi connectivity index (χ4n) is 3.44. The first-order valence-electron chi connectivity index (χ1n) is 8.66. The van der Waals surface area contributed by atoms with Crippen molar-refractivity contribution in [3.63, 3.8) is 0 Å². The summed E-state index contributed by atoms with van der Waals surface area (Å²) in [4.78, 5) is 18.6. The number of fused-ring (bicyclic) bond motifs is 2. The molecule has 0 saturated heterocycles. The van der Waals surface area contributed by atoms with Crippen LogP contribution in [0.4, 0.5) is 5.69 Å². The fourth-order valence-corrected chi connectivity index (χ4v) is 4.77. The number of amides is 1. The Labute approximate surface area is 170 Å². The van der Waals surface area contributed by atoms with Gasteiger partial charge in [-0.25, -0.2) is 8.42 Å². The van der Waals surface area contributed by atoms with E-state index in [1.807, 2.05) is 30.3 Å². The van der Waals surface area contributed by atoms with E-state index in [9.17, 15) is 13.2 Å². The van der Waals surface area contributed by atoms with Crippen LogP contribution in [0.1, 0.15) is 5.56 Å². The molecule has 0 spiro atoms. The first-order chi connectivity index (χ1) is 13.0. The Balaban J connectivity index is 0.00000225. The Morgan fingerprint density at radius 3 is 2.75 bits per heavy atom. The molecule has 1 aliphatic rings. The van der Waals surface area contributed by atoms with Gasteiger partial charge >= 0.3 is 0 Å². The van der Waals surface area contributed by atoms with E-state index >= 15 is 0 Å². The van der Waals surface area contributed by atoms with E-state index in [0.29, 0.717) is 11.9 Å². The summed E-state index contributed by atoms with van der Waals surface area (Å²) < 4.78 is 27.3. The molecule has 0 fully saturated rings. The number of benzene rings is 2. The Hall–Kier alpha value is -2.48. The van der Waals surface area contributed by atoms with Crippen molar-refractivity contribution in [1.82, 2.24) is 9.29 Å². The first kappa shape index (κ1) is 20.3. The van der Waals surface area contributed by atoms with E-state index in [-0.39, 0.29) is 29.8 Å². The molecule has 2 aromatic carbocycles. The number of anilines is 1. The summed E-state index contributed by atoms with van der Waals surface area (Å²) in [6, 6.07) is 14.4. The molecule has 0 bridgehead atoms. The fraction of sp³-hybridized carbons (Fsp3) is 0.200. The maximum Gasteiger partial charge on any atom is 0.243 e. The molecule has 0 radical (unpaired) electrons. The van der Waals surface area contributed by atoms with Crippen LogP contribution in [0.15, 0.2) is 65.8 Å². The maximum atomic E-state index is 13.1. The number of para-hydroxylation sites is 1. The molecule has 0 saturated carbocycles. The van der Waals surface area contributed by atoms with Crippen LogP contribution in [0.3, 0.4) is 0 Å². The van der Waals surface area contributed by atoms with Crippen LogP contribution < -0.4 is 4.90 Å². The van der Waals surface area contributed by atoms with Crippen molar-refractivity contribution in [3.8, 4) is 0 Å². The molecular formula is C20H20ClN3O3S. The third-order valence-electron chi connectivity index (χ3n) is 4.88. The van der Waals surface area contributed by atoms with Crippen LogP contribution in [0.2, 0.25) is 0 Å². The Morgan fingerprint density at radius 2 is 1.93 bits per heavy atom. The van der Waals surface area contributed by atoms with Crippen LogP contribution >= 0.6 is 12.4 Å². The molecule has 1 aromatic heterocycles. The summed E-state index contributed by atoms with van der Waals surface area (Å²) in [5.41, 5.74) is 1.97. The van der Waals surface area contributed by atoms with Crippen LogP contribution in [0, 0.1) is 0 Å². The second kappa shape index (κ2) is 7.87. The number of carbonyl (C=O) groups excluding carboxylic acids is 1. The molecule has 28 heavy (non-hydrogen) atoms. The summed E-state index contributed by atoms with van der Waals surface area (Å²) in [7, 11) is -2.37. The first-order valence-corrected chi connectivity index (χ1v) is 10.1. The Morgan fingerprint density at radius 1 is 1.14 bits per heavy atom. The van der Waals surface area contributed by atoms with Gasteiger partial charge < -0.3 is 4.90 Å². The van der Waals surface area contributed by atoms with Gasteiger partial charge in [-0.05, 0) is 30.2 Å². The molecule has 3 aromatic rings. The molecule has 8 heteroatoms. The van der Waals surface area contributed by atoms with Gasteiger partial charge in [-0.2, -0.15) is 4.31 Å². The van der Waals surface area contributed by atoms with Crippen LogP contribution in [0.5, 0.6) is 0 Å². The number of rotatable bonds is 4. The third-order valence-corrected chi connectivity index (χ3v) is 6.74. The van der Waals surface area contributed by atoms with Gasteiger partial charge in [0, 0.05) is 42.4 Å².